The Hall–Kier alpha value is -1.18. The van der Waals surface area contributed by atoms with Gasteiger partial charge in [0, 0.05) is 5.57 Å². The molecule has 6 nitrogen and oxygen atoms in total. The quantitative estimate of drug-likeness (QED) is 0.299. The molecule has 0 fully saturated rings. The summed E-state index contributed by atoms with van der Waals surface area (Å²) < 4.78 is 35.9. The van der Waals surface area contributed by atoms with Crippen molar-refractivity contribution in [3.8, 4) is 0 Å². The Bertz CT molecular complexity index is 280. The van der Waals surface area contributed by atoms with Crippen molar-refractivity contribution in [2.24, 2.45) is 0 Å². The van der Waals surface area contributed by atoms with Crippen molar-refractivity contribution in [2.45, 2.75) is 6.92 Å². The summed E-state index contributed by atoms with van der Waals surface area (Å²) in [5.41, 5.74) is 0.380. The predicted molar refractivity (Wildman–Crippen MR) is 45.3 cm³/mol. The van der Waals surface area contributed by atoms with Gasteiger partial charge in [0.15, 0.2) is 0 Å². The summed E-state index contributed by atoms with van der Waals surface area (Å²) in [5, 5.41) is 0. The topological polar surface area (TPSA) is 101 Å². The second kappa shape index (κ2) is 6.35. The lowest BCUT2D eigenvalue weighted by molar-refractivity contribution is -0.133. The highest BCUT2D eigenvalue weighted by Gasteiger charge is 1.97. The number of hydrogen-bond donors (Lipinski definition) is 2. The highest BCUT2D eigenvalue weighted by Crippen LogP contribution is 1.90. The molecule has 0 rings (SSSR count). The van der Waals surface area contributed by atoms with Gasteiger partial charge in [0.05, 0.1) is 6.26 Å². The van der Waals surface area contributed by atoms with E-state index in [1.807, 2.05) is 0 Å². The Morgan fingerprint density at radius 1 is 1.46 bits per heavy atom. The molecule has 0 aromatic rings. The maximum Gasteiger partial charge on any atom is 0.394 e. The molecule has 13 heavy (non-hydrogen) atoms. The largest absolute Gasteiger partial charge is 0.432 e. The van der Waals surface area contributed by atoms with Gasteiger partial charge in [-0.2, -0.15) is 8.42 Å². The van der Waals surface area contributed by atoms with Crippen molar-refractivity contribution in [1.29, 1.82) is 0 Å². The molecule has 2 N–H and O–H groups in total. The number of carbonyl (C=O) groups is 1. The van der Waals surface area contributed by atoms with Gasteiger partial charge in [0.2, 0.25) is 0 Å². The molecule has 0 unspecified atom stereocenters. The van der Waals surface area contributed by atoms with Crippen LogP contribution in [0.2, 0.25) is 0 Å². The van der Waals surface area contributed by atoms with Crippen LogP contribution in [0.4, 0.5) is 0 Å². The average Bonchev–Trinajstić information content (AvgIpc) is 1.84. The van der Waals surface area contributed by atoms with Gasteiger partial charge in [-0.3, -0.25) is 9.11 Å². The fourth-order valence-electron chi connectivity index (χ4n) is 0.176. The Morgan fingerprint density at radius 2 is 1.77 bits per heavy atom. The molecule has 0 radical (unpaired) electrons. The molecule has 0 aliphatic heterocycles. The molecule has 0 aliphatic rings. The Kier molecular flexibility index (Phi) is 7.01. The van der Waals surface area contributed by atoms with Gasteiger partial charge in [0.25, 0.3) is 0 Å². The van der Waals surface area contributed by atoms with Crippen molar-refractivity contribution < 1.29 is 27.1 Å². The first-order valence-electron chi connectivity index (χ1n) is 2.85. The van der Waals surface area contributed by atoms with Crippen LogP contribution in [-0.4, -0.2) is 23.5 Å². The van der Waals surface area contributed by atoms with E-state index >= 15 is 0 Å². The molecule has 0 aliphatic carbocycles. The van der Waals surface area contributed by atoms with E-state index in [-0.39, 0.29) is 0 Å². The third-order valence-corrected chi connectivity index (χ3v) is 0.539. The lowest BCUT2D eigenvalue weighted by Gasteiger charge is -1.92. The normalized spacial score (nSPS) is 9.15. The molecule has 76 valence electrons. The second-order valence-corrected chi connectivity index (χ2v) is 2.70. The molecule has 0 saturated heterocycles. The zero-order valence-corrected chi connectivity index (χ0v) is 7.74. The summed E-state index contributed by atoms with van der Waals surface area (Å²) in [5.74, 6) is -0.431. The Labute approximate surface area is 76.1 Å². The van der Waals surface area contributed by atoms with E-state index in [0.29, 0.717) is 5.57 Å². The number of ether oxygens (including phenoxy) is 1. The van der Waals surface area contributed by atoms with Gasteiger partial charge in [-0.1, -0.05) is 13.2 Å². The summed E-state index contributed by atoms with van der Waals surface area (Å²) in [6, 6.07) is 0. The summed E-state index contributed by atoms with van der Waals surface area (Å²) in [4.78, 5) is 10.3. The van der Waals surface area contributed by atoms with E-state index in [1.54, 1.807) is 6.92 Å². The monoisotopic (exact) mass is 210 g/mol. The summed E-state index contributed by atoms with van der Waals surface area (Å²) in [6.07, 6.45) is 1.08. The van der Waals surface area contributed by atoms with Crippen LogP contribution in [0.15, 0.2) is 25.0 Å². The molecular formula is C6H10O6S. The zero-order chi connectivity index (χ0) is 11.1. The van der Waals surface area contributed by atoms with Gasteiger partial charge in [0.1, 0.15) is 0 Å². The van der Waals surface area contributed by atoms with Gasteiger partial charge in [-0.15, -0.1) is 0 Å². The first-order valence-corrected chi connectivity index (χ1v) is 4.25. The zero-order valence-electron chi connectivity index (χ0n) is 6.93. The van der Waals surface area contributed by atoms with Crippen molar-refractivity contribution >= 4 is 16.4 Å². The first-order chi connectivity index (χ1) is 5.68. The Balaban J connectivity index is 0. The number of hydrogen-bond acceptors (Lipinski definition) is 4. The SMILES string of the molecule is C=COC(=O)C(=C)C.O=S(=O)(O)O. The van der Waals surface area contributed by atoms with Crippen LogP contribution in [0.25, 0.3) is 0 Å². The molecular weight excluding hydrogens is 200 g/mol. The molecule has 0 spiro atoms. The number of esters is 1. The smallest absolute Gasteiger partial charge is 0.394 e. The highest BCUT2D eigenvalue weighted by molar-refractivity contribution is 7.79. The maximum atomic E-state index is 10.3. The van der Waals surface area contributed by atoms with Gasteiger partial charge < -0.3 is 4.74 Å². The van der Waals surface area contributed by atoms with E-state index in [1.165, 1.54) is 0 Å². The fraction of sp³-hybridized carbons (Fsp3) is 0.167. The van der Waals surface area contributed by atoms with Crippen LogP contribution in [0.5, 0.6) is 0 Å². The van der Waals surface area contributed by atoms with Crippen LogP contribution >= 0.6 is 0 Å². The van der Waals surface area contributed by atoms with Crippen LogP contribution in [0.3, 0.4) is 0 Å². The minimum absolute atomic E-state index is 0.380. The minimum atomic E-state index is -4.67. The number of carbonyl (C=O) groups excluding carboxylic acids is 1. The van der Waals surface area contributed by atoms with E-state index < -0.39 is 16.4 Å². The van der Waals surface area contributed by atoms with Gasteiger partial charge >= 0.3 is 16.4 Å². The predicted octanol–water partition coefficient (Wildman–Crippen LogP) is 0.596. The molecule has 0 atom stereocenters. The highest BCUT2D eigenvalue weighted by atomic mass is 32.3. The molecule has 7 heteroatoms. The third kappa shape index (κ3) is 24.8. The minimum Gasteiger partial charge on any atom is -0.432 e. The standard InChI is InChI=1S/C6H8O2.H2O4S/c1-4-8-6(7)5(2)3;1-5(2,3)4/h4H,1-2H2,3H3;(H2,1,2,3,4). The van der Waals surface area contributed by atoms with E-state index in [2.05, 4.69) is 17.9 Å². The molecule has 0 aromatic carbocycles. The lowest BCUT2D eigenvalue weighted by Crippen LogP contribution is -1.98. The van der Waals surface area contributed by atoms with E-state index in [4.69, 9.17) is 17.5 Å². The van der Waals surface area contributed by atoms with E-state index in [0.717, 1.165) is 6.26 Å². The average molecular weight is 210 g/mol. The first kappa shape index (κ1) is 14.3. The molecule has 0 bridgehead atoms. The van der Waals surface area contributed by atoms with Crippen molar-refractivity contribution in [2.75, 3.05) is 0 Å². The maximum absolute atomic E-state index is 10.3. The molecule has 0 saturated carbocycles. The van der Waals surface area contributed by atoms with Gasteiger partial charge in [-0.05, 0) is 6.92 Å². The van der Waals surface area contributed by atoms with Crippen molar-refractivity contribution in [3.63, 3.8) is 0 Å². The summed E-state index contributed by atoms with van der Waals surface area (Å²) in [6.45, 7) is 8.13. The van der Waals surface area contributed by atoms with Crippen LogP contribution in [0, 0.1) is 0 Å². The Morgan fingerprint density at radius 3 is 1.85 bits per heavy atom. The van der Waals surface area contributed by atoms with Crippen LogP contribution < -0.4 is 0 Å². The van der Waals surface area contributed by atoms with E-state index in [9.17, 15) is 4.79 Å². The van der Waals surface area contributed by atoms with Crippen LogP contribution in [0.1, 0.15) is 6.92 Å². The number of rotatable bonds is 2. The molecule has 0 heterocycles. The summed E-state index contributed by atoms with van der Waals surface area (Å²) >= 11 is 0. The van der Waals surface area contributed by atoms with Crippen molar-refractivity contribution in [3.05, 3.63) is 25.0 Å². The lowest BCUT2D eigenvalue weighted by atomic mass is 10.4. The third-order valence-electron chi connectivity index (χ3n) is 0.539. The van der Waals surface area contributed by atoms with Crippen molar-refractivity contribution in [1.82, 2.24) is 0 Å². The van der Waals surface area contributed by atoms with Crippen LogP contribution in [-0.2, 0) is 19.9 Å². The summed E-state index contributed by atoms with van der Waals surface area (Å²) in [7, 11) is -4.67. The van der Waals surface area contributed by atoms with Gasteiger partial charge in [-0.25, -0.2) is 4.79 Å². The molecule has 0 amide bonds. The fourth-order valence-corrected chi connectivity index (χ4v) is 0.176. The second-order valence-electron chi connectivity index (χ2n) is 1.80. The molecule has 0 aromatic heterocycles.